The summed E-state index contributed by atoms with van der Waals surface area (Å²) in [6, 6.07) is 7.01. The van der Waals surface area contributed by atoms with Gasteiger partial charge in [0.1, 0.15) is 5.75 Å². The fraction of sp³-hybridized carbons (Fsp3) is 0. The van der Waals surface area contributed by atoms with E-state index in [2.05, 4.69) is 31.9 Å². The van der Waals surface area contributed by atoms with Gasteiger partial charge in [0.25, 0.3) is 0 Å². The van der Waals surface area contributed by atoms with E-state index in [-0.39, 0.29) is 5.69 Å². The quantitative estimate of drug-likeness (QED) is 0.757. The van der Waals surface area contributed by atoms with Gasteiger partial charge < -0.3 is 10.5 Å². The van der Waals surface area contributed by atoms with Crippen molar-refractivity contribution < 1.29 is 13.5 Å². The Hall–Kier alpha value is -1.14. The van der Waals surface area contributed by atoms with Gasteiger partial charge in [-0.05, 0) is 34.1 Å². The lowest BCUT2D eigenvalue weighted by Crippen LogP contribution is -1.96. The molecule has 2 aromatic carbocycles. The fourth-order valence-electron chi connectivity index (χ4n) is 1.34. The molecule has 2 nitrogen and oxygen atoms in total. The monoisotopic (exact) mass is 377 g/mol. The third-order valence-corrected chi connectivity index (χ3v) is 3.24. The number of ether oxygens (including phenoxy) is 1. The Morgan fingerprint density at radius 1 is 1.00 bits per heavy atom. The zero-order chi connectivity index (χ0) is 13.3. The van der Waals surface area contributed by atoms with Crippen molar-refractivity contribution in [3.8, 4) is 11.5 Å². The lowest BCUT2D eigenvalue weighted by molar-refractivity contribution is 0.406. The highest BCUT2D eigenvalue weighted by Gasteiger charge is 2.14. The molecule has 0 spiro atoms. The van der Waals surface area contributed by atoms with Crippen LogP contribution in [0.5, 0.6) is 11.5 Å². The molecule has 0 heterocycles. The number of halogens is 4. The summed E-state index contributed by atoms with van der Waals surface area (Å²) in [7, 11) is 0. The Morgan fingerprint density at radius 2 is 1.61 bits per heavy atom. The van der Waals surface area contributed by atoms with Gasteiger partial charge in [-0.3, -0.25) is 0 Å². The summed E-state index contributed by atoms with van der Waals surface area (Å²) in [5.74, 6) is -1.86. The van der Waals surface area contributed by atoms with Crippen LogP contribution in [-0.2, 0) is 0 Å². The second kappa shape index (κ2) is 5.24. The number of anilines is 1. The molecule has 0 radical (unpaired) electrons. The SMILES string of the molecule is Nc1cc(F)c(Oc2ccc(Br)cc2Br)c(F)c1. The molecule has 0 bridgehead atoms. The van der Waals surface area contributed by atoms with E-state index in [1.165, 1.54) is 0 Å². The molecule has 0 aromatic heterocycles. The first-order chi connectivity index (χ1) is 8.47. The normalized spacial score (nSPS) is 10.4. The predicted molar refractivity (Wildman–Crippen MR) is 72.7 cm³/mol. The average molecular weight is 379 g/mol. The van der Waals surface area contributed by atoms with Gasteiger partial charge in [0.2, 0.25) is 0 Å². The van der Waals surface area contributed by atoms with Crippen molar-refractivity contribution in [3.05, 3.63) is 50.9 Å². The average Bonchev–Trinajstić information content (AvgIpc) is 2.25. The Morgan fingerprint density at radius 3 is 2.17 bits per heavy atom. The van der Waals surface area contributed by atoms with Gasteiger partial charge in [0, 0.05) is 22.3 Å². The molecule has 2 N–H and O–H groups in total. The Balaban J connectivity index is 2.40. The largest absolute Gasteiger partial charge is 0.450 e. The van der Waals surface area contributed by atoms with Gasteiger partial charge >= 0.3 is 0 Å². The highest BCUT2D eigenvalue weighted by Crippen LogP contribution is 2.35. The van der Waals surface area contributed by atoms with Crippen LogP contribution >= 0.6 is 31.9 Å². The molecule has 0 aliphatic rings. The first-order valence-corrected chi connectivity index (χ1v) is 6.43. The predicted octanol–water partition coefficient (Wildman–Crippen LogP) is 4.86. The van der Waals surface area contributed by atoms with Crippen molar-refractivity contribution in [2.75, 3.05) is 5.73 Å². The smallest absolute Gasteiger partial charge is 0.198 e. The van der Waals surface area contributed by atoms with Gasteiger partial charge in [-0.2, -0.15) is 0 Å². The molecule has 0 amide bonds. The summed E-state index contributed by atoms with van der Waals surface area (Å²) in [5.41, 5.74) is 5.33. The fourth-order valence-corrected chi connectivity index (χ4v) is 2.47. The van der Waals surface area contributed by atoms with Crippen molar-refractivity contribution >= 4 is 37.5 Å². The molecule has 18 heavy (non-hydrogen) atoms. The molecule has 2 aromatic rings. The van der Waals surface area contributed by atoms with E-state index in [4.69, 9.17) is 10.5 Å². The molecule has 94 valence electrons. The first-order valence-electron chi connectivity index (χ1n) is 4.85. The van der Waals surface area contributed by atoms with Crippen molar-refractivity contribution in [3.63, 3.8) is 0 Å². The zero-order valence-corrected chi connectivity index (χ0v) is 12.1. The molecule has 0 atom stereocenters. The molecule has 0 unspecified atom stereocenters. The summed E-state index contributed by atoms with van der Waals surface area (Å²) in [6.07, 6.45) is 0. The van der Waals surface area contributed by atoms with Crippen molar-refractivity contribution in [2.24, 2.45) is 0 Å². The molecular formula is C12H7Br2F2NO. The van der Waals surface area contributed by atoms with Crippen LogP contribution in [0.25, 0.3) is 0 Å². The van der Waals surface area contributed by atoms with Crippen LogP contribution < -0.4 is 10.5 Å². The molecular weight excluding hydrogens is 372 g/mol. The number of nitrogens with two attached hydrogens (primary N) is 1. The van der Waals surface area contributed by atoms with Crippen LogP contribution in [-0.4, -0.2) is 0 Å². The maximum atomic E-state index is 13.5. The van der Waals surface area contributed by atoms with Gasteiger partial charge in [-0.1, -0.05) is 15.9 Å². The molecule has 0 saturated heterocycles. The van der Waals surface area contributed by atoms with Crippen LogP contribution in [0.4, 0.5) is 14.5 Å². The van der Waals surface area contributed by atoms with Crippen molar-refractivity contribution in [1.82, 2.24) is 0 Å². The molecule has 0 aliphatic heterocycles. The van der Waals surface area contributed by atoms with E-state index in [0.29, 0.717) is 10.2 Å². The molecule has 2 rings (SSSR count). The Kier molecular flexibility index (Phi) is 3.87. The zero-order valence-electron chi connectivity index (χ0n) is 8.88. The van der Waals surface area contributed by atoms with E-state index in [1.807, 2.05) is 0 Å². The van der Waals surface area contributed by atoms with Crippen molar-refractivity contribution in [1.29, 1.82) is 0 Å². The second-order valence-corrected chi connectivity index (χ2v) is 5.26. The van der Waals surface area contributed by atoms with Crippen LogP contribution in [0, 0.1) is 11.6 Å². The van der Waals surface area contributed by atoms with Crippen LogP contribution in [0.3, 0.4) is 0 Å². The van der Waals surface area contributed by atoms with E-state index in [9.17, 15) is 8.78 Å². The van der Waals surface area contributed by atoms with E-state index in [0.717, 1.165) is 16.6 Å². The summed E-state index contributed by atoms with van der Waals surface area (Å²) in [5, 5.41) is 0. The number of hydrogen-bond donors (Lipinski definition) is 1. The summed E-state index contributed by atoms with van der Waals surface area (Å²) < 4.78 is 33.7. The van der Waals surface area contributed by atoms with E-state index >= 15 is 0 Å². The highest BCUT2D eigenvalue weighted by molar-refractivity contribution is 9.11. The van der Waals surface area contributed by atoms with E-state index in [1.54, 1.807) is 18.2 Å². The van der Waals surface area contributed by atoms with Gasteiger partial charge in [0.05, 0.1) is 4.47 Å². The van der Waals surface area contributed by atoms with Crippen LogP contribution in [0.15, 0.2) is 39.3 Å². The van der Waals surface area contributed by atoms with Crippen molar-refractivity contribution in [2.45, 2.75) is 0 Å². The first kappa shape index (κ1) is 13.3. The Bertz CT molecular complexity index is 582. The minimum Gasteiger partial charge on any atom is -0.450 e. The maximum absolute atomic E-state index is 13.5. The van der Waals surface area contributed by atoms with Crippen LogP contribution in [0.1, 0.15) is 0 Å². The molecule has 0 saturated carbocycles. The lowest BCUT2D eigenvalue weighted by atomic mass is 10.2. The van der Waals surface area contributed by atoms with Crippen LogP contribution in [0.2, 0.25) is 0 Å². The summed E-state index contributed by atoms with van der Waals surface area (Å²) in [4.78, 5) is 0. The summed E-state index contributed by atoms with van der Waals surface area (Å²) in [6.45, 7) is 0. The third-order valence-electron chi connectivity index (χ3n) is 2.13. The number of benzene rings is 2. The highest BCUT2D eigenvalue weighted by atomic mass is 79.9. The van der Waals surface area contributed by atoms with Gasteiger partial charge in [0.15, 0.2) is 17.4 Å². The molecule has 0 fully saturated rings. The minimum absolute atomic E-state index is 0.00669. The minimum atomic E-state index is -0.845. The summed E-state index contributed by atoms with van der Waals surface area (Å²) >= 11 is 6.51. The van der Waals surface area contributed by atoms with Gasteiger partial charge in [-0.15, -0.1) is 0 Å². The Labute approximate surface area is 119 Å². The molecule has 6 heteroatoms. The molecule has 0 aliphatic carbocycles. The number of rotatable bonds is 2. The lowest BCUT2D eigenvalue weighted by Gasteiger charge is -2.10. The van der Waals surface area contributed by atoms with E-state index < -0.39 is 17.4 Å². The second-order valence-electron chi connectivity index (χ2n) is 3.49. The number of nitrogen functional groups attached to an aromatic ring is 1. The number of hydrogen-bond acceptors (Lipinski definition) is 2. The van der Waals surface area contributed by atoms with Gasteiger partial charge in [-0.25, -0.2) is 8.78 Å². The third kappa shape index (κ3) is 2.81. The topological polar surface area (TPSA) is 35.2 Å². The standard InChI is InChI=1S/C12H7Br2F2NO/c13-6-1-2-11(8(14)3-6)18-12-9(15)4-7(17)5-10(12)16/h1-5H,17H2. The maximum Gasteiger partial charge on any atom is 0.198 e.